The first-order valence-electron chi connectivity index (χ1n) is 7.38. The van der Waals surface area contributed by atoms with Crippen molar-refractivity contribution >= 4 is 39.9 Å². The van der Waals surface area contributed by atoms with Crippen LogP contribution in [0.3, 0.4) is 0 Å². The summed E-state index contributed by atoms with van der Waals surface area (Å²) in [5, 5.41) is 4.08. The number of carbonyl (C=O) groups is 3. The van der Waals surface area contributed by atoms with Gasteiger partial charge in [-0.3, -0.25) is 20.2 Å². The van der Waals surface area contributed by atoms with Gasteiger partial charge >= 0.3 is 6.03 Å². The maximum absolute atomic E-state index is 11.8. The van der Waals surface area contributed by atoms with E-state index in [1.165, 1.54) is 6.08 Å². The van der Waals surface area contributed by atoms with Gasteiger partial charge in [-0.1, -0.05) is 52.3 Å². The van der Waals surface area contributed by atoms with Crippen LogP contribution in [0.4, 0.5) is 4.79 Å². The number of imide groups is 2. The van der Waals surface area contributed by atoms with Crippen LogP contribution in [-0.4, -0.2) is 17.8 Å². The number of ether oxygens (including phenoxy) is 1. The molecule has 1 fully saturated rings. The van der Waals surface area contributed by atoms with Crippen molar-refractivity contribution in [1.82, 2.24) is 10.6 Å². The largest absolute Gasteiger partial charge is 0.488 e. The van der Waals surface area contributed by atoms with Crippen molar-refractivity contribution in [1.29, 1.82) is 0 Å². The summed E-state index contributed by atoms with van der Waals surface area (Å²) in [4.78, 5) is 34.8. The summed E-state index contributed by atoms with van der Waals surface area (Å²) in [5.74, 6) is -0.966. The predicted octanol–water partition coefficient (Wildman–Crippen LogP) is 2.78. The van der Waals surface area contributed by atoms with Crippen molar-refractivity contribution in [2.45, 2.75) is 6.61 Å². The summed E-state index contributed by atoms with van der Waals surface area (Å²) in [5.41, 5.74) is 1.37. The fourth-order valence-electron chi connectivity index (χ4n) is 2.26. The molecule has 25 heavy (non-hydrogen) atoms. The number of urea groups is 1. The second-order valence-corrected chi connectivity index (χ2v) is 6.07. The van der Waals surface area contributed by atoms with Gasteiger partial charge in [-0.25, -0.2) is 4.79 Å². The van der Waals surface area contributed by atoms with Crippen molar-refractivity contribution < 1.29 is 19.1 Å². The van der Waals surface area contributed by atoms with Crippen LogP contribution in [0.1, 0.15) is 11.1 Å². The smallest absolute Gasteiger partial charge is 0.328 e. The SMILES string of the molecule is O=C1NC(=O)C(=Cc2ccccc2OCc2ccccc2Br)C(=O)N1. The van der Waals surface area contributed by atoms with Gasteiger partial charge in [0.05, 0.1) is 0 Å². The van der Waals surface area contributed by atoms with Crippen molar-refractivity contribution in [3.63, 3.8) is 0 Å². The molecule has 0 saturated carbocycles. The van der Waals surface area contributed by atoms with Crippen LogP contribution in [0.25, 0.3) is 6.08 Å². The third kappa shape index (κ3) is 3.95. The van der Waals surface area contributed by atoms with Crippen molar-refractivity contribution in [2.75, 3.05) is 0 Å². The summed E-state index contributed by atoms with van der Waals surface area (Å²) in [6.07, 6.45) is 1.40. The van der Waals surface area contributed by atoms with Gasteiger partial charge in [-0.2, -0.15) is 0 Å². The van der Waals surface area contributed by atoms with E-state index in [0.717, 1.165) is 10.0 Å². The molecule has 0 bridgehead atoms. The van der Waals surface area contributed by atoms with Crippen LogP contribution < -0.4 is 15.4 Å². The molecule has 7 heteroatoms. The molecule has 1 aliphatic rings. The lowest BCUT2D eigenvalue weighted by Crippen LogP contribution is -2.51. The average Bonchev–Trinajstić information content (AvgIpc) is 2.58. The molecular weight excluding hydrogens is 388 g/mol. The number of rotatable bonds is 4. The van der Waals surface area contributed by atoms with E-state index >= 15 is 0 Å². The summed E-state index contributed by atoms with van der Waals surface area (Å²) >= 11 is 3.46. The first-order valence-corrected chi connectivity index (χ1v) is 8.17. The molecule has 1 heterocycles. The topological polar surface area (TPSA) is 84.5 Å². The fourth-order valence-corrected chi connectivity index (χ4v) is 2.66. The second-order valence-electron chi connectivity index (χ2n) is 5.21. The van der Waals surface area contributed by atoms with Gasteiger partial charge in [0.15, 0.2) is 0 Å². The highest BCUT2D eigenvalue weighted by atomic mass is 79.9. The molecule has 0 atom stereocenters. The number of benzene rings is 2. The molecule has 0 aliphatic carbocycles. The number of hydrogen-bond acceptors (Lipinski definition) is 4. The average molecular weight is 401 g/mol. The Balaban J connectivity index is 1.85. The van der Waals surface area contributed by atoms with E-state index in [0.29, 0.717) is 17.9 Å². The van der Waals surface area contributed by atoms with E-state index in [2.05, 4.69) is 15.9 Å². The third-order valence-electron chi connectivity index (χ3n) is 3.50. The van der Waals surface area contributed by atoms with Crippen LogP contribution in [0.5, 0.6) is 5.75 Å². The molecule has 2 N–H and O–H groups in total. The summed E-state index contributed by atoms with van der Waals surface area (Å²) in [6, 6.07) is 13.9. The Hall–Kier alpha value is -2.93. The minimum absolute atomic E-state index is 0.156. The van der Waals surface area contributed by atoms with Crippen molar-refractivity contribution in [3.8, 4) is 5.75 Å². The number of nitrogens with one attached hydrogen (secondary N) is 2. The highest BCUT2D eigenvalue weighted by molar-refractivity contribution is 9.10. The Bertz CT molecular complexity index is 870. The highest BCUT2D eigenvalue weighted by Crippen LogP contribution is 2.24. The zero-order valence-electron chi connectivity index (χ0n) is 12.9. The summed E-state index contributed by atoms with van der Waals surface area (Å²) < 4.78 is 6.76. The van der Waals surface area contributed by atoms with Gasteiger partial charge in [-0.05, 0) is 18.2 Å². The van der Waals surface area contributed by atoms with E-state index in [1.807, 2.05) is 34.9 Å². The molecule has 0 aromatic heterocycles. The minimum atomic E-state index is -0.828. The number of amides is 4. The molecule has 6 nitrogen and oxygen atoms in total. The first-order chi connectivity index (χ1) is 12.0. The minimum Gasteiger partial charge on any atom is -0.488 e. The Kier molecular flexibility index (Phi) is 4.95. The van der Waals surface area contributed by atoms with E-state index in [1.54, 1.807) is 24.3 Å². The van der Waals surface area contributed by atoms with Crippen molar-refractivity contribution in [3.05, 3.63) is 69.7 Å². The highest BCUT2D eigenvalue weighted by Gasteiger charge is 2.27. The maximum Gasteiger partial charge on any atom is 0.328 e. The Morgan fingerprint density at radius 2 is 1.56 bits per heavy atom. The molecule has 0 unspecified atom stereocenters. The lowest BCUT2D eigenvalue weighted by atomic mass is 10.1. The maximum atomic E-state index is 11.8. The zero-order chi connectivity index (χ0) is 17.8. The molecule has 1 aliphatic heterocycles. The number of halogens is 1. The quantitative estimate of drug-likeness (QED) is 0.610. The van der Waals surface area contributed by atoms with Crippen LogP contribution in [-0.2, 0) is 16.2 Å². The lowest BCUT2D eigenvalue weighted by molar-refractivity contribution is -0.123. The zero-order valence-corrected chi connectivity index (χ0v) is 14.5. The third-order valence-corrected chi connectivity index (χ3v) is 4.28. The molecule has 126 valence electrons. The van der Waals surface area contributed by atoms with Crippen LogP contribution in [0, 0.1) is 0 Å². The second kappa shape index (κ2) is 7.31. The number of para-hydroxylation sites is 1. The predicted molar refractivity (Wildman–Crippen MR) is 94.6 cm³/mol. The molecular formula is C18H13BrN2O4. The lowest BCUT2D eigenvalue weighted by Gasteiger charge is -2.15. The van der Waals surface area contributed by atoms with Gasteiger partial charge in [0, 0.05) is 15.6 Å². The number of carbonyl (C=O) groups excluding carboxylic acids is 3. The van der Waals surface area contributed by atoms with Crippen LogP contribution >= 0.6 is 15.9 Å². The van der Waals surface area contributed by atoms with Gasteiger partial charge in [-0.15, -0.1) is 0 Å². The molecule has 4 amide bonds. The summed E-state index contributed by atoms with van der Waals surface area (Å²) in [6.45, 7) is 0.318. The Morgan fingerprint density at radius 3 is 2.28 bits per heavy atom. The monoisotopic (exact) mass is 400 g/mol. The van der Waals surface area contributed by atoms with Gasteiger partial charge in [0.1, 0.15) is 17.9 Å². The normalized spacial score (nSPS) is 14.0. The van der Waals surface area contributed by atoms with Crippen LogP contribution in [0.2, 0.25) is 0 Å². The standard InChI is InChI=1S/C18H13BrN2O4/c19-14-7-3-1-6-12(14)10-25-15-8-4-2-5-11(15)9-13-16(22)20-18(24)21-17(13)23/h1-9H,10H2,(H2,20,21,22,23,24). The summed E-state index contributed by atoms with van der Waals surface area (Å²) in [7, 11) is 0. The first kappa shape index (κ1) is 16.9. The van der Waals surface area contributed by atoms with E-state index < -0.39 is 17.8 Å². The van der Waals surface area contributed by atoms with Crippen LogP contribution in [0.15, 0.2) is 58.6 Å². The molecule has 0 spiro atoms. The molecule has 2 aromatic carbocycles. The molecule has 2 aromatic rings. The Labute approximate surface area is 152 Å². The van der Waals surface area contributed by atoms with Gasteiger partial charge in [0.25, 0.3) is 11.8 Å². The van der Waals surface area contributed by atoms with Gasteiger partial charge in [0.2, 0.25) is 0 Å². The molecule has 1 saturated heterocycles. The molecule has 3 rings (SSSR count). The number of hydrogen-bond donors (Lipinski definition) is 2. The Morgan fingerprint density at radius 1 is 0.920 bits per heavy atom. The molecule has 0 radical (unpaired) electrons. The number of barbiturate groups is 1. The van der Waals surface area contributed by atoms with E-state index in [9.17, 15) is 14.4 Å². The van der Waals surface area contributed by atoms with Crippen molar-refractivity contribution in [2.24, 2.45) is 0 Å². The van der Waals surface area contributed by atoms with Gasteiger partial charge < -0.3 is 4.74 Å². The van der Waals surface area contributed by atoms with E-state index in [4.69, 9.17) is 4.74 Å². The fraction of sp³-hybridized carbons (Fsp3) is 0.0556. The van der Waals surface area contributed by atoms with E-state index in [-0.39, 0.29) is 5.57 Å².